The summed E-state index contributed by atoms with van der Waals surface area (Å²) in [5.41, 5.74) is 2.28. The molecule has 1 saturated heterocycles. The van der Waals surface area contributed by atoms with E-state index in [9.17, 15) is 8.42 Å². The highest BCUT2D eigenvalue weighted by atomic mass is 35.5. The van der Waals surface area contributed by atoms with Gasteiger partial charge in [0.1, 0.15) is 17.4 Å². The molecular weight excluding hydrogens is 491 g/mol. The van der Waals surface area contributed by atoms with Gasteiger partial charge in [-0.2, -0.15) is 0 Å². The van der Waals surface area contributed by atoms with Gasteiger partial charge >= 0.3 is 0 Å². The van der Waals surface area contributed by atoms with E-state index in [1.807, 2.05) is 12.3 Å². The second-order valence-corrected chi connectivity index (χ2v) is 12.9. The molecule has 0 unspecified atom stereocenters. The molecule has 0 aliphatic carbocycles. The molecule has 0 atom stereocenters. The lowest BCUT2D eigenvalue weighted by atomic mass is 10.0. The molecule has 34 heavy (non-hydrogen) atoms. The van der Waals surface area contributed by atoms with Crippen LogP contribution in [0, 0.1) is 0 Å². The third-order valence-electron chi connectivity index (χ3n) is 6.45. The lowest BCUT2D eigenvalue weighted by Crippen LogP contribution is -2.39. The topological polar surface area (TPSA) is 59.5 Å². The molecule has 0 spiro atoms. The minimum Gasteiger partial charge on any atom is -0.488 e. The number of nitrogens with zero attached hydrogens (tertiary/aromatic N) is 2. The van der Waals surface area contributed by atoms with E-state index >= 15 is 0 Å². The molecule has 0 radical (unpaired) electrons. The van der Waals surface area contributed by atoms with Crippen LogP contribution in [0.1, 0.15) is 71.8 Å². The predicted octanol–water partition coefficient (Wildman–Crippen LogP) is 6.26. The second kappa shape index (κ2) is 13.9. The van der Waals surface area contributed by atoms with E-state index in [1.165, 1.54) is 18.4 Å². The van der Waals surface area contributed by atoms with Crippen LogP contribution in [0.25, 0.3) is 10.9 Å². The van der Waals surface area contributed by atoms with Crippen molar-refractivity contribution in [3.63, 3.8) is 0 Å². The highest BCUT2D eigenvalue weighted by Crippen LogP contribution is 2.29. The van der Waals surface area contributed by atoms with Crippen molar-refractivity contribution in [3.8, 4) is 5.75 Å². The van der Waals surface area contributed by atoms with E-state index < -0.39 is 14.6 Å². The molecule has 1 aliphatic heterocycles. The van der Waals surface area contributed by atoms with Gasteiger partial charge in [0.05, 0.1) is 10.5 Å². The number of unbranched alkanes of at least 4 members (excludes halogenated alkanes) is 2. The Morgan fingerprint density at radius 2 is 1.79 bits per heavy atom. The van der Waals surface area contributed by atoms with Gasteiger partial charge in [-0.25, -0.2) is 8.42 Å². The Labute approximate surface area is 218 Å². The molecule has 1 aromatic heterocycles. The number of pyridine rings is 1. The zero-order chi connectivity index (χ0) is 23.2. The van der Waals surface area contributed by atoms with Crippen molar-refractivity contribution in [1.29, 1.82) is 0 Å². The number of ether oxygens (including phenoxy) is 1. The van der Waals surface area contributed by atoms with Crippen LogP contribution < -0.4 is 4.74 Å². The highest BCUT2D eigenvalue weighted by molar-refractivity contribution is 7.92. The summed E-state index contributed by atoms with van der Waals surface area (Å²) < 4.78 is 30.3. The number of fused-ring (bicyclic) bond motifs is 1. The first-order valence-corrected chi connectivity index (χ1v) is 13.8. The Bertz CT molecular complexity index is 985. The van der Waals surface area contributed by atoms with Crippen molar-refractivity contribution < 1.29 is 13.2 Å². The van der Waals surface area contributed by atoms with Gasteiger partial charge in [0, 0.05) is 24.7 Å². The maximum absolute atomic E-state index is 12.3. The van der Waals surface area contributed by atoms with Crippen LogP contribution in [0.3, 0.4) is 0 Å². The zero-order valence-electron chi connectivity index (χ0n) is 21.1. The second-order valence-electron chi connectivity index (χ2n) is 10.1. The first-order chi connectivity index (χ1) is 15.2. The maximum Gasteiger partial charge on any atom is 0.155 e. The van der Waals surface area contributed by atoms with Crippen molar-refractivity contribution in [2.75, 3.05) is 25.4 Å². The Balaban J connectivity index is 0.00000289. The number of hydrogen-bond donors (Lipinski definition) is 0. The summed E-state index contributed by atoms with van der Waals surface area (Å²) in [7, 11) is -3.02. The largest absolute Gasteiger partial charge is 0.488 e. The molecule has 1 aliphatic rings. The lowest BCUT2D eigenvalue weighted by Gasteiger charge is -2.32. The summed E-state index contributed by atoms with van der Waals surface area (Å²) in [5, 5.41) is 1.15. The van der Waals surface area contributed by atoms with Gasteiger partial charge in [0.2, 0.25) is 0 Å². The quantitative estimate of drug-likeness (QED) is 0.338. The minimum atomic E-state index is -3.02. The number of likely N-dealkylation sites (tertiary alicyclic amines) is 1. The fourth-order valence-electron chi connectivity index (χ4n) is 4.20. The van der Waals surface area contributed by atoms with Crippen molar-refractivity contribution in [3.05, 3.63) is 36.0 Å². The van der Waals surface area contributed by atoms with Crippen LogP contribution in [-0.2, 0) is 16.3 Å². The number of aromatic nitrogens is 1. The summed E-state index contributed by atoms with van der Waals surface area (Å²) in [4.78, 5) is 7.03. The molecule has 194 valence electrons. The molecule has 0 amide bonds. The molecule has 3 rings (SSSR count). The fourth-order valence-corrected chi connectivity index (χ4v) is 5.39. The average molecular weight is 534 g/mol. The number of sulfone groups is 1. The molecule has 0 saturated carbocycles. The fraction of sp³-hybridized carbons (Fsp3) is 0.654. The summed E-state index contributed by atoms with van der Waals surface area (Å²) >= 11 is 0. The van der Waals surface area contributed by atoms with Gasteiger partial charge in [-0.3, -0.25) is 4.98 Å². The maximum atomic E-state index is 12.3. The van der Waals surface area contributed by atoms with Crippen molar-refractivity contribution in [2.24, 2.45) is 0 Å². The summed E-state index contributed by atoms with van der Waals surface area (Å²) in [6.45, 7) is 10.5. The molecule has 1 aromatic carbocycles. The monoisotopic (exact) mass is 532 g/mol. The molecular formula is C26H42Cl2N2O3S. The van der Waals surface area contributed by atoms with Crippen LogP contribution in [0.2, 0.25) is 0 Å². The standard InChI is InChI=1S/C26H40N2O3S.2ClH/c1-5-6-10-21-19-22-11-9-14-27-25(22)24(20-21)31-23-12-16-28(17-13-23)15-7-8-18-32(29,30)26(2,3)4;;/h9,11,14,19-20,23H,5-8,10,12-13,15-18H2,1-4H3;2*1H. The van der Waals surface area contributed by atoms with Crippen LogP contribution in [-0.4, -0.2) is 54.5 Å². The van der Waals surface area contributed by atoms with Crippen molar-refractivity contribution in [1.82, 2.24) is 9.88 Å². The minimum absolute atomic E-state index is 0. The van der Waals surface area contributed by atoms with Crippen LogP contribution in [0.5, 0.6) is 5.75 Å². The van der Waals surface area contributed by atoms with Crippen LogP contribution >= 0.6 is 24.8 Å². The molecule has 2 aromatic rings. The van der Waals surface area contributed by atoms with Crippen molar-refractivity contribution >= 4 is 45.6 Å². The number of piperidine rings is 1. The van der Waals surface area contributed by atoms with E-state index in [-0.39, 0.29) is 36.7 Å². The molecule has 5 nitrogen and oxygen atoms in total. The van der Waals surface area contributed by atoms with E-state index in [2.05, 4.69) is 35.0 Å². The van der Waals surface area contributed by atoms with Crippen LogP contribution in [0.4, 0.5) is 0 Å². The number of rotatable bonds is 10. The van der Waals surface area contributed by atoms with Gasteiger partial charge in [-0.15, -0.1) is 24.8 Å². The number of halogens is 2. The Morgan fingerprint density at radius 3 is 2.44 bits per heavy atom. The smallest absolute Gasteiger partial charge is 0.155 e. The van der Waals surface area contributed by atoms with E-state index in [0.29, 0.717) is 0 Å². The normalized spacial score (nSPS) is 15.5. The van der Waals surface area contributed by atoms with E-state index in [0.717, 1.165) is 68.4 Å². The van der Waals surface area contributed by atoms with Gasteiger partial charge in [-0.1, -0.05) is 19.4 Å². The molecule has 0 N–H and O–H groups in total. The highest BCUT2D eigenvalue weighted by Gasteiger charge is 2.28. The summed E-state index contributed by atoms with van der Waals surface area (Å²) in [5.74, 6) is 1.20. The summed E-state index contributed by atoms with van der Waals surface area (Å²) in [6, 6.07) is 8.54. The first kappa shape index (κ1) is 31.0. The Kier molecular flexibility index (Phi) is 12.6. The lowest BCUT2D eigenvalue weighted by molar-refractivity contribution is 0.101. The van der Waals surface area contributed by atoms with Gasteiger partial charge in [-0.05, 0) is 89.6 Å². The average Bonchev–Trinajstić information content (AvgIpc) is 2.75. The zero-order valence-corrected chi connectivity index (χ0v) is 23.5. The predicted molar refractivity (Wildman–Crippen MR) is 148 cm³/mol. The number of benzene rings is 1. The third-order valence-corrected chi connectivity index (χ3v) is 9.14. The molecule has 0 bridgehead atoms. The Hall–Kier alpha value is -1.08. The van der Waals surface area contributed by atoms with Crippen molar-refractivity contribution in [2.45, 2.75) is 83.5 Å². The first-order valence-electron chi connectivity index (χ1n) is 12.2. The summed E-state index contributed by atoms with van der Waals surface area (Å²) in [6.07, 6.45) is 9.13. The SMILES string of the molecule is CCCCc1cc(OC2CCN(CCCCS(=O)(=O)C(C)(C)C)CC2)c2ncccc2c1.Cl.Cl. The van der Waals surface area contributed by atoms with Gasteiger partial charge in [0.25, 0.3) is 0 Å². The third kappa shape index (κ3) is 8.54. The number of aryl methyl sites for hydroxylation is 1. The molecule has 8 heteroatoms. The van der Waals surface area contributed by atoms with E-state index in [1.54, 1.807) is 20.8 Å². The van der Waals surface area contributed by atoms with Gasteiger partial charge < -0.3 is 9.64 Å². The van der Waals surface area contributed by atoms with Gasteiger partial charge in [0.15, 0.2) is 9.84 Å². The molecule has 1 fully saturated rings. The number of hydrogen-bond acceptors (Lipinski definition) is 5. The van der Waals surface area contributed by atoms with Crippen LogP contribution in [0.15, 0.2) is 30.5 Å². The van der Waals surface area contributed by atoms with E-state index in [4.69, 9.17) is 4.74 Å². The Morgan fingerprint density at radius 1 is 1.09 bits per heavy atom. The molecule has 2 heterocycles.